The van der Waals surface area contributed by atoms with Crippen LogP contribution in [-0.4, -0.2) is 45.0 Å². The Morgan fingerprint density at radius 3 is 2.78 bits per heavy atom. The van der Waals surface area contributed by atoms with Gasteiger partial charge in [0.2, 0.25) is 0 Å². The van der Waals surface area contributed by atoms with Crippen LogP contribution in [0.4, 0.5) is 21.6 Å². The van der Waals surface area contributed by atoms with Crippen LogP contribution in [0.3, 0.4) is 0 Å². The summed E-state index contributed by atoms with van der Waals surface area (Å²) in [4.78, 5) is 8.81. The molecule has 7 nitrogen and oxygen atoms in total. The number of rotatable bonds is 7. The number of ether oxygens (including phenoxy) is 2. The molecule has 1 aliphatic heterocycles. The van der Waals surface area contributed by atoms with Crippen molar-refractivity contribution in [2.24, 2.45) is 4.36 Å². The highest BCUT2D eigenvalue weighted by atomic mass is 32.2. The van der Waals surface area contributed by atoms with E-state index in [1.807, 2.05) is 32.9 Å². The summed E-state index contributed by atoms with van der Waals surface area (Å²) >= 11 is 0. The Morgan fingerprint density at radius 1 is 1.25 bits per heavy atom. The summed E-state index contributed by atoms with van der Waals surface area (Å²) in [5, 5.41) is 4.09. The first-order chi connectivity index (χ1) is 15.4. The van der Waals surface area contributed by atoms with Gasteiger partial charge >= 0.3 is 0 Å². The van der Waals surface area contributed by atoms with E-state index >= 15 is 0 Å². The van der Waals surface area contributed by atoms with Crippen molar-refractivity contribution >= 4 is 37.8 Å². The molecule has 0 saturated carbocycles. The molecule has 3 aromatic rings. The van der Waals surface area contributed by atoms with E-state index in [1.54, 1.807) is 6.07 Å². The Kier molecular flexibility index (Phi) is 6.57. The molecule has 32 heavy (non-hydrogen) atoms. The van der Waals surface area contributed by atoms with Gasteiger partial charge < -0.3 is 14.8 Å². The van der Waals surface area contributed by atoms with Gasteiger partial charge in [-0.2, -0.15) is 4.36 Å². The lowest BCUT2D eigenvalue weighted by molar-refractivity contribution is 0.141. The molecule has 9 heteroatoms. The van der Waals surface area contributed by atoms with Gasteiger partial charge in [0.25, 0.3) is 0 Å². The quantitative estimate of drug-likeness (QED) is 0.528. The van der Waals surface area contributed by atoms with E-state index < -0.39 is 9.73 Å². The van der Waals surface area contributed by atoms with Gasteiger partial charge in [0.05, 0.1) is 39.8 Å². The zero-order valence-electron chi connectivity index (χ0n) is 18.4. The predicted octanol–water partition coefficient (Wildman–Crippen LogP) is 5.13. The lowest BCUT2D eigenvalue weighted by Crippen LogP contribution is -2.16. The van der Waals surface area contributed by atoms with E-state index in [0.29, 0.717) is 53.2 Å². The number of aromatic nitrogens is 2. The Labute approximate surface area is 187 Å². The molecule has 1 atom stereocenters. The lowest BCUT2D eigenvalue weighted by atomic mass is 10.1. The second-order valence-corrected chi connectivity index (χ2v) is 10.6. The van der Waals surface area contributed by atoms with Crippen LogP contribution in [0.15, 0.2) is 41.0 Å². The maximum atomic E-state index is 13.9. The van der Waals surface area contributed by atoms with E-state index in [-0.39, 0.29) is 11.9 Å². The molecule has 1 saturated heterocycles. The van der Waals surface area contributed by atoms with Gasteiger partial charge in [0.15, 0.2) is 0 Å². The number of hydrogen-bond donors (Lipinski definition) is 1. The van der Waals surface area contributed by atoms with E-state index in [9.17, 15) is 8.60 Å². The van der Waals surface area contributed by atoms with Crippen LogP contribution < -0.4 is 10.1 Å². The Morgan fingerprint density at radius 2 is 2.06 bits per heavy atom. The first-order valence-corrected chi connectivity index (χ1v) is 12.5. The Balaban J connectivity index is 1.73. The molecule has 0 unspecified atom stereocenters. The fraction of sp³-hybridized carbons (Fsp3) is 0.391. The van der Waals surface area contributed by atoms with Gasteiger partial charge in [0, 0.05) is 29.4 Å². The van der Waals surface area contributed by atoms with Gasteiger partial charge in [-0.1, -0.05) is 13.8 Å². The van der Waals surface area contributed by atoms with Crippen molar-refractivity contribution in [3.8, 4) is 5.75 Å². The zero-order valence-corrected chi connectivity index (χ0v) is 19.2. The fourth-order valence-electron chi connectivity index (χ4n) is 3.66. The van der Waals surface area contributed by atoms with Crippen LogP contribution in [0.2, 0.25) is 0 Å². The second-order valence-electron chi connectivity index (χ2n) is 7.69. The summed E-state index contributed by atoms with van der Waals surface area (Å²) in [6, 6.07) is 8.07. The molecule has 1 aromatic heterocycles. The molecule has 2 aromatic carbocycles. The lowest BCUT2D eigenvalue weighted by Gasteiger charge is -2.17. The molecule has 0 bridgehead atoms. The third kappa shape index (κ3) is 4.83. The number of benzene rings is 2. The van der Waals surface area contributed by atoms with Crippen LogP contribution in [-0.2, 0) is 14.5 Å². The predicted molar refractivity (Wildman–Crippen MR) is 125 cm³/mol. The second kappa shape index (κ2) is 9.38. The van der Waals surface area contributed by atoms with Crippen LogP contribution in [0.5, 0.6) is 5.75 Å². The molecule has 1 N–H and O–H groups in total. The fourth-order valence-corrected chi connectivity index (χ4v) is 4.81. The van der Waals surface area contributed by atoms with Crippen LogP contribution >= 0.6 is 0 Å². The number of anilines is 2. The van der Waals surface area contributed by atoms with E-state index in [1.165, 1.54) is 18.5 Å². The van der Waals surface area contributed by atoms with Crippen molar-refractivity contribution in [3.05, 3.63) is 48.0 Å². The number of aryl methyl sites for hydroxylation is 1. The SMILES string of the molecule is CCS(=O)(CC)=Nc1cc(C)c2c(Nc3ccc(F)cc3O[C@H]3CCOC3)ncnc2c1. The first kappa shape index (κ1) is 22.4. The molecule has 0 aliphatic carbocycles. The molecule has 170 valence electrons. The maximum Gasteiger partial charge on any atom is 0.146 e. The maximum absolute atomic E-state index is 13.9. The van der Waals surface area contributed by atoms with E-state index in [0.717, 1.165) is 17.4 Å². The number of fused-ring (bicyclic) bond motifs is 1. The minimum Gasteiger partial charge on any atom is -0.486 e. The highest BCUT2D eigenvalue weighted by molar-refractivity contribution is 7.93. The molecular weight excluding hydrogens is 431 g/mol. The summed E-state index contributed by atoms with van der Waals surface area (Å²) in [6.07, 6.45) is 2.10. The highest BCUT2D eigenvalue weighted by Crippen LogP contribution is 2.34. The topological polar surface area (TPSA) is 85.7 Å². The van der Waals surface area contributed by atoms with Crippen molar-refractivity contribution in [1.29, 1.82) is 0 Å². The van der Waals surface area contributed by atoms with Gasteiger partial charge in [-0.3, -0.25) is 0 Å². The number of nitrogens with zero attached hydrogens (tertiary/aromatic N) is 3. The average Bonchev–Trinajstić information content (AvgIpc) is 3.28. The molecular formula is C23H27FN4O3S. The largest absolute Gasteiger partial charge is 0.486 e. The number of halogens is 1. The third-order valence-electron chi connectivity index (χ3n) is 5.47. The van der Waals surface area contributed by atoms with E-state index in [2.05, 4.69) is 19.6 Å². The van der Waals surface area contributed by atoms with Gasteiger partial charge in [0.1, 0.15) is 29.8 Å². The summed E-state index contributed by atoms with van der Waals surface area (Å²) in [7, 11) is -2.28. The molecule has 4 rings (SSSR count). The average molecular weight is 459 g/mol. The molecule has 0 radical (unpaired) electrons. The van der Waals surface area contributed by atoms with Crippen LogP contribution in [0.1, 0.15) is 25.8 Å². The van der Waals surface area contributed by atoms with Gasteiger partial charge in [-0.25, -0.2) is 18.6 Å². The summed E-state index contributed by atoms with van der Waals surface area (Å²) in [5.74, 6) is 1.59. The number of nitrogens with one attached hydrogen (secondary N) is 1. The first-order valence-electron chi connectivity index (χ1n) is 10.7. The smallest absolute Gasteiger partial charge is 0.146 e. The normalized spacial score (nSPS) is 16.3. The summed E-state index contributed by atoms with van der Waals surface area (Å²) in [6.45, 7) is 6.82. The minimum atomic E-state index is -2.28. The Bertz CT molecular complexity index is 1240. The van der Waals surface area contributed by atoms with Crippen molar-refractivity contribution in [2.75, 3.05) is 30.0 Å². The molecule has 0 spiro atoms. The summed E-state index contributed by atoms with van der Waals surface area (Å²) in [5.41, 5.74) is 2.82. The van der Waals surface area contributed by atoms with Crippen LogP contribution in [0.25, 0.3) is 10.9 Å². The molecule has 1 aliphatic rings. The van der Waals surface area contributed by atoms with Crippen molar-refractivity contribution in [1.82, 2.24) is 9.97 Å². The Hall–Kier alpha value is -2.78. The van der Waals surface area contributed by atoms with Crippen molar-refractivity contribution in [2.45, 2.75) is 33.3 Å². The highest BCUT2D eigenvalue weighted by Gasteiger charge is 2.20. The van der Waals surface area contributed by atoms with E-state index in [4.69, 9.17) is 9.47 Å². The standard InChI is InChI=1S/C23H27FN4O3S/c1-4-32(29,5-2)28-17-10-15(3)22-20(12-17)25-14-26-23(22)27-19-7-6-16(24)11-21(19)31-18-8-9-30-13-18/h6-7,10-12,14,18H,4-5,8-9,13H2,1-3H3,(H,25,26,27)/t18-/m0/s1. The summed E-state index contributed by atoms with van der Waals surface area (Å²) < 4.78 is 42.6. The number of hydrogen-bond acceptors (Lipinski definition) is 7. The minimum absolute atomic E-state index is 0.114. The van der Waals surface area contributed by atoms with Crippen molar-refractivity contribution in [3.63, 3.8) is 0 Å². The molecule has 0 amide bonds. The van der Waals surface area contributed by atoms with Gasteiger partial charge in [-0.15, -0.1) is 0 Å². The zero-order chi connectivity index (χ0) is 22.7. The molecule has 1 fully saturated rings. The van der Waals surface area contributed by atoms with Crippen molar-refractivity contribution < 1.29 is 18.1 Å². The molecule has 2 heterocycles. The third-order valence-corrected chi connectivity index (χ3v) is 7.82. The monoisotopic (exact) mass is 458 g/mol. The van der Waals surface area contributed by atoms with Crippen LogP contribution in [0, 0.1) is 12.7 Å². The van der Waals surface area contributed by atoms with Gasteiger partial charge in [-0.05, 0) is 36.8 Å².